The van der Waals surface area contributed by atoms with Crippen LogP contribution in [-0.4, -0.2) is 20.7 Å². The van der Waals surface area contributed by atoms with E-state index in [1.807, 2.05) is 0 Å². The first-order valence-electron chi connectivity index (χ1n) is 5.30. The van der Waals surface area contributed by atoms with Crippen LogP contribution < -0.4 is 0 Å². The first-order chi connectivity index (χ1) is 8.52. The number of Topliss-reactive ketones (excluding diaryl/α,β-unsaturated/α-hetero) is 1. The van der Waals surface area contributed by atoms with Crippen LogP contribution in [0, 0.1) is 17.0 Å². The summed E-state index contributed by atoms with van der Waals surface area (Å²) in [4.78, 5) is 28.4. The normalized spacial score (nSPS) is 10.3. The Morgan fingerprint density at radius 3 is 2.44 bits per heavy atom. The summed E-state index contributed by atoms with van der Waals surface area (Å²) in [5.41, 5.74) is 2.06. The van der Waals surface area contributed by atoms with Crippen LogP contribution in [0.1, 0.15) is 22.8 Å². The summed E-state index contributed by atoms with van der Waals surface area (Å²) in [5.74, 6) is -0.581. The number of carbonyl (C=O) groups excluding carboxylic acids is 1. The maximum atomic E-state index is 11.5. The Morgan fingerprint density at radius 2 is 2.00 bits per heavy atom. The minimum absolute atomic E-state index is 0.131. The van der Waals surface area contributed by atoms with Gasteiger partial charge in [0.15, 0.2) is 5.78 Å². The van der Waals surface area contributed by atoms with Gasteiger partial charge in [0, 0.05) is 23.5 Å². The fourth-order valence-corrected chi connectivity index (χ4v) is 1.95. The highest BCUT2D eigenvalue weighted by Crippen LogP contribution is 2.31. The summed E-state index contributed by atoms with van der Waals surface area (Å²) in [6.45, 7) is 3.01. The number of ketones is 1. The Bertz CT molecular complexity index is 617. The van der Waals surface area contributed by atoms with Gasteiger partial charge in [-0.25, -0.2) is 4.98 Å². The SMILES string of the molecule is CC(=O)c1c([N+](=O)[O-])[nH]c(-c2ccncc2)c1C. The number of carbonyl (C=O) groups is 1. The molecule has 0 aliphatic carbocycles. The Kier molecular flexibility index (Phi) is 2.93. The number of nitrogens with one attached hydrogen (secondary N) is 1. The van der Waals surface area contributed by atoms with E-state index >= 15 is 0 Å². The zero-order valence-corrected chi connectivity index (χ0v) is 9.93. The first kappa shape index (κ1) is 12.0. The van der Waals surface area contributed by atoms with Gasteiger partial charge in [0.05, 0.1) is 0 Å². The van der Waals surface area contributed by atoms with Gasteiger partial charge >= 0.3 is 5.82 Å². The summed E-state index contributed by atoms with van der Waals surface area (Å²) in [7, 11) is 0. The lowest BCUT2D eigenvalue weighted by atomic mass is 10.1. The molecule has 0 bridgehead atoms. The smallest absolute Gasteiger partial charge is 0.332 e. The number of aromatic amines is 1. The number of hydrogen-bond donors (Lipinski definition) is 1. The summed E-state index contributed by atoms with van der Waals surface area (Å²) in [6, 6.07) is 3.46. The van der Waals surface area contributed by atoms with Gasteiger partial charge < -0.3 is 10.1 Å². The molecule has 92 valence electrons. The van der Waals surface area contributed by atoms with Gasteiger partial charge in [-0.15, -0.1) is 0 Å². The molecule has 2 heterocycles. The van der Waals surface area contributed by atoms with Gasteiger partial charge in [0.1, 0.15) is 11.3 Å². The summed E-state index contributed by atoms with van der Waals surface area (Å²) < 4.78 is 0. The summed E-state index contributed by atoms with van der Waals surface area (Å²) in [5, 5.41) is 10.9. The molecule has 0 aromatic carbocycles. The van der Waals surface area contributed by atoms with Crippen molar-refractivity contribution in [1.82, 2.24) is 9.97 Å². The number of hydrogen-bond acceptors (Lipinski definition) is 4. The van der Waals surface area contributed by atoms with E-state index in [-0.39, 0.29) is 17.2 Å². The third kappa shape index (κ3) is 1.88. The van der Waals surface area contributed by atoms with Crippen molar-refractivity contribution in [1.29, 1.82) is 0 Å². The van der Waals surface area contributed by atoms with Crippen molar-refractivity contribution in [2.75, 3.05) is 0 Å². The lowest BCUT2D eigenvalue weighted by Gasteiger charge is -1.96. The maximum Gasteiger partial charge on any atom is 0.332 e. The Hall–Kier alpha value is -2.50. The predicted molar refractivity (Wildman–Crippen MR) is 65.4 cm³/mol. The number of H-pyrrole nitrogens is 1. The molecule has 0 fully saturated rings. The number of aromatic nitrogens is 2. The van der Waals surface area contributed by atoms with Crippen molar-refractivity contribution >= 4 is 11.6 Å². The average molecular weight is 245 g/mol. The molecule has 0 radical (unpaired) electrons. The molecule has 6 heteroatoms. The molecule has 0 spiro atoms. The Balaban J connectivity index is 2.68. The molecule has 0 aliphatic heterocycles. The second kappa shape index (κ2) is 4.40. The minimum Gasteiger partial charge on any atom is -0.358 e. The molecule has 6 nitrogen and oxygen atoms in total. The molecule has 1 N–H and O–H groups in total. The van der Waals surface area contributed by atoms with Gasteiger partial charge in [-0.1, -0.05) is 0 Å². The first-order valence-corrected chi connectivity index (χ1v) is 5.30. The monoisotopic (exact) mass is 245 g/mol. The van der Waals surface area contributed by atoms with Crippen molar-refractivity contribution in [3.63, 3.8) is 0 Å². The van der Waals surface area contributed by atoms with E-state index in [2.05, 4.69) is 9.97 Å². The largest absolute Gasteiger partial charge is 0.358 e. The number of nitrogens with zero attached hydrogens (tertiary/aromatic N) is 2. The third-order valence-electron chi connectivity index (χ3n) is 2.73. The van der Waals surface area contributed by atoms with Crippen molar-refractivity contribution in [3.8, 4) is 11.3 Å². The highest BCUT2D eigenvalue weighted by atomic mass is 16.6. The molecule has 0 atom stereocenters. The molecule has 2 aromatic rings. The van der Waals surface area contributed by atoms with Crippen molar-refractivity contribution in [3.05, 3.63) is 45.8 Å². The fraction of sp³-hybridized carbons (Fsp3) is 0.167. The topological polar surface area (TPSA) is 88.9 Å². The molecule has 2 rings (SSSR count). The van der Waals surface area contributed by atoms with E-state index in [0.29, 0.717) is 11.3 Å². The number of nitro groups is 1. The second-order valence-electron chi connectivity index (χ2n) is 3.90. The average Bonchev–Trinajstić information content (AvgIpc) is 2.68. The molecule has 0 unspecified atom stereocenters. The van der Waals surface area contributed by atoms with Gasteiger partial charge in [-0.3, -0.25) is 9.78 Å². The van der Waals surface area contributed by atoms with Gasteiger partial charge in [0.2, 0.25) is 0 Å². The maximum absolute atomic E-state index is 11.5. The lowest BCUT2D eigenvalue weighted by molar-refractivity contribution is -0.389. The summed E-state index contributed by atoms with van der Waals surface area (Å²) in [6.07, 6.45) is 3.18. The van der Waals surface area contributed by atoms with Gasteiger partial charge in [-0.05, 0) is 30.9 Å². The van der Waals surface area contributed by atoms with Gasteiger partial charge in [-0.2, -0.15) is 0 Å². The van der Waals surface area contributed by atoms with Crippen LogP contribution in [0.5, 0.6) is 0 Å². The zero-order valence-electron chi connectivity index (χ0n) is 9.93. The van der Waals surface area contributed by atoms with E-state index in [9.17, 15) is 14.9 Å². The van der Waals surface area contributed by atoms with E-state index in [1.165, 1.54) is 6.92 Å². The van der Waals surface area contributed by atoms with Crippen LogP contribution in [0.2, 0.25) is 0 Å². The van der Waals surface area contributed by atoms with Crippen LogP contribution in [0.4, 0.5) is 5.82 Å². The number of rotatable bonds is 3. The molecule has 0 saturated heterocycles. The van der Waals surface area contributed by atoms with E-state index in [1.54, 1.807) is 31.5 Å². The van der Waals surface area contributed by atoms with Crippen LogP contribution in [0.15, 0.2) is 24.5 Å². The quantitative estimate of drug-likeness (QED) is 0.511. The third-order valence-corrected chi connectivity index (χ3v) is 2.73. The lowest BCUT2D eigenvalue weighted by Crippen LogP contribution is -1.98. The molecular weight excluding hydrogens is 234 g/mol. The Morgan fingerprint density at radius 1 is 1.39 bits per heavy atom. The highest BCUT2D eigenvalue weighted by Gasteiger charge is 2.26. The molecule has 0 saturated carbocycles. The van der Waals surface area contributed by atoms with Crippen LogP contribution >= 0.6 is 0 Å². The van der Waals surface area contributed by atoms with E-state index in [0.717, 1.165) is 5.56 Å². The van der Waals surface area contributed by atoms with Crippen molar-refractivity contribution in [2.24, 2.45) is 0 Å². The molecule has 18 heavy (non-hydrogen) atoms. The summed E-state index contributed by atoms with van der Waals surface area (Å²) >= 11 is 0. The minimum atomic E-state index is -0.575. The molecule has 2 aromatic heterocycles. The van der Waals surface area contributed by atoms with Crippen molar-refractivity contribution in [2.45, 2.75) is 13.8 Å². The molecule has 0 amide bonds. The van der Waals surface area contributed by atoms with Gasteiger partial charge in [0.25, 0.3) is 0 Å². The Labute approximate surface area is 103 Å². The highest BCUT2D eigenvalue weighted by molar-refractivity contribution is 6.01. The molecule has 0 aliphatic rings. The zero-order chi connectivity index (χ0) is 13.3. The van der Waals surface area contributed by atoms with Crippen LogP contribution in [-0.2, 0) is 0 Å². The van der Waals surface area contributed by atoms with Crippen LogP contribution in [0.3, 0.4) is 0 Å². The van der Waals surface area contributed by atoms with E-state index < -0.39 is 4.92 Å². The predicted octanol–water partition coefficient (Wildman–Crippen LogP) is 2.50. The standard InChI is InChI=1S/C12H11N3O3/c1-7-10(8(2)16)12(15(17)18)14-11(7)9-3-5-13-6-4-9/h3-6,14H,1-2H3. The number of pyridine rings is 1. The fourth-order valence-electron chi connectivity index (χ4n) is 1.95. The van der Waals surface area contributed by atoms with E-state index in [4.69, 9.17) is 0 Å². The van der Waals surface area contributed by atoms with Crippen LogP contribution in [0.25, 0.3) is 11.3 Å². The van der Waals surface area contributed by atoms with Crippen molar-refractivity contribution < 1.29 is 9.72 Å². The molecular formula is C12H11N3O3. The second-order valence-corrected chi connectivity index (χ2v) is 3.90.